The Morgan fingerprint density at radius 1 is 1.42 bits per heavy atom. The van der Waals surface area contributed by atoms with E-state index in [1.54, 1.807) is 0 Å². The molecule has 0 spiro atoms. The maximum absolute atomic E-state index is 11.4. The third kappa shape index (κ3) is 2.06. The topological polar surface area (TPSA) is 156 Å². The van der Waals surface area contributed by atoms with Crippen LogP contribution in [0.15, 0.2) is 12.5 Å². The number of hydrogen-bond acceptors (Lipinski definition) is 6. The quantitative estimate of drug-likeness (QED) is 0.116. The molecule has 0 amide bonds. The van der Waals surface area contributed by atoms with E-state index in [2.05, 4.69) is 11.5 Å². The summed E-state index contributed by atoms with van der Waals surface area (Å²) in [7, 11) is 0. The first-order chi connectivity index (χ1) is 8.82. The second-order valence-electron chi connectivity index (χ2n) is 4.54. The zero-order valence-corrected chi connectivity index (χ0v) is 10.3. The van der Waals surface area contributed by atoms with Gasteiger partial charge in [-0.2, -0.15) is 5.26 Å². The predicted octanol–water partition coefficient (Wildman–Crippen LogP) is -1.64. The monoisotopic (exact) mass is 276 g/mol. The van der Waals surface area contributed by atoms with Crippen molar-refractivity contribution in [3.8, 4) is 0 Å². The Bertz CT molecular complexity index is 414. The zero-order valence-electron chi connectivity index (χ0n) is 10.3. The summed E-state index contributed by atoms with van der Waals surface area (Å²) in [6.45, 7) is 3.06. The van der Waals surface area contributed by atoms with Gasteiger partial charge in [0, 0.05) is 13.1 Å². The van der Waals surface area contributed by atoms with Crippen molar-refractivity contribution in [1.82, 2.24) is 0 Å². The minimum atomic E-state index is -1.46. The number of carbonyl (C=O) groups is 2. The Labute approximate surface area is 109 Å². The van der Waals surface area contributed by atoms with Crippen molar-refractivity contribution in [1.29, 1.82) is 0 Å². The Morgan fingerprint density at radius 2 is 2.00 bits per heavy atom. The fourth-order valence-electron chi connectivity index (χ4n) is 2.63. The largest absolute Gasteiger partial charge is 0.481 e. The molecule has 19 heavy (non-hydrogen) atoms. The Morgan fingerprint density at radius 3 is 2.26 bits per heavy atom. The minimum absolute atomic E-state index is 0.0205. The van der Waals surface area contributed by atoms with Gasteiger partial charge in [-0.05, 0) is 0 Å². The second kappa shape index (κ2) is 5.13. The van der Waals surface area contributed by atoms with Gasteiger partial charge in [0.25, 0.3) is 5.54 Å². The molecule has 9 heteroatoms. The molecular formula is C10H18N3O6+. The molecule has 0 aliphatic carbocycles. The fourth-order valence-corrected chi connectivity index (χ4v) is 2.63. The van der Waals surface area contributed by atoms with Crippen LogP contribution < -0.4 is 11.5 Å². The highest BCUT2D eigenvalue weighted by Crippen LogP contribution is 2.50. The molecule has 0 saturated carbocycles. The fraction of sp³-hybridized carbons (Fsp3) is 0.600. The molecule has 3 atom stereocenters. The summed E-state index contributed by atoms with van der Waals surface area (Å²) in [5, 5.41) is 26.9. The average Bonchev–Trinajstić information content (AvgIpc) is 3.06. The van der Waals surface area contributed by atoms with E-state index in [0.717, 1.165) is 0 Å². The highest BCUT2D eigenvalue weighted by atomic mass is 17.1. The molecule has 1 aliphatic rings. The summed E-state index contributed by atoms with van der Waals surface area (Å²) in [6, 6.07) is -0.795. The van der Waals surface area contributed by atoms with Crippen molar-refractivity contribution in [2.75, 3.05) is 19.6 Å². The summed E-state index contributed by atoms with van der Waals surface area (Å²) in [6.07, 6.45) is -0.381. The summed E-state index contributed by atoms with van der Waals surface area (Å²) in [5.41, 5.74) is 9.56. The lowest BCUT2D eigenvalue weighted by atomic mass is 10.1. The maximum Gasteiger partial charge on any atom is 0.373 e. The molecule has 1 rings (SSSR count). The molecule has 1 aliphatic heterocycles. The average molecular weight is 276 g/mol. The number of rotatable bonds is 8. The number of nitrogens with two attached hydrogens (primary N) is 2. The van der Waals surface area contributed by atoms with Crippen molar-refractivity contribution in [2.45, 2.75) is 18.0 Å². The third-order valence-corrected chi connectivity index (χ3v) is 3.76. The van der Waals surface area contributed by atoms with Gasteiger partial charge in [-0.25, -0.2) is 9.28 Å². The molecule has 0 radical (unpaired) electrons. The van der Waals surface area contributed by atoms with E-state index in [0.29, 0.717) is 0 Å². The van der Waals surface area contributed by atoms with Gasteiger partial charge in [-0.1, -0.05) is 0 Å². The molecule has 1 fully saturated rings. The van der Waals surface area contributed by atoms with Crippen molar-refractivity contribution in [3.05, 3.63) is 12.5 Å². The first-order valence-electron chi connectivity index (χ1n) is 5.56. The van der Waals surface area contributed by atoms with Crippen molar-refractivity contribution >= 4 is 11.9 Å². The molecule has 7 N–H and O–H groups in total. The van der Waals surface area contributed by atoms with Crippen LogP contribution in [0.25, 0.3) is 0 Å². The maximum atomic E-state index is 11.4. The molecule has 9 nitrogen and oxygen atoms in total. The van der Waals surface area contributed by atoms with Crippen LogP contribution in [0.2, 0.25) is 0 Å². The van der Waals surface area contributed by atoms with Gasteiger partial charge >= 0.3 is 17.8 Å². The lowest BCUT2D eigenvalue weighted by molar-refractivity contribution is -0.834. The van der Waals surface area contributed by atoms with Crippen molar-refractivity contribution in [2.24, 2.45) is 11.5 Å². The number of quaternary nitrogens is 1. The first-order valence-corrected chi connectivity index (χ1v) is 5.56. The number of aliphatic carboxylic acids is 2. The van der Waals surface area contributed by atoms with Gasteiger partial charge < -0.3 is 21.7 Å². The van der Waals surface area contributed by atoms with Crippen LogP contribution in [0.3, 0.4) is 0 Å². The summed E-state index contributed by atoms with van der Waals surface area (Å²) in [5.74, 6) is -2.62. The normalized spacial score (nSPS) is 30.5. The molecule has 0 aromatic carbocycles. The molecule has 0 aromatic heterocycles. The Hall–Kier alpha value is -1.68. The highest BCUT2D eigenvalue weighted by Gasteiger charge is 2.80. The molecule has 3 unspecified atom stereocenters. The number of carboxylic acids is 2. The summed E-state index contributed by atoms with van der Waals surface area (Å²) in [4.78, 5) is 26.3. The van der Waals surface area contributed by atoms with Crippen LogP contribution in [0.5, 0.6) is 0 Å². The smallest absolute Gasteiger partial charge is 0.373 e. The zero-order chi connectivity index (χ0) is 14.8. The molecule has 1 heterocycles. The van der Waals surface area contributed by atoms with Crippen LogP contribution in [0, 0.1) is 0 Å². The van der Waals surface area contributed by atoms with Crippen LogP contribution in [0.1, 0.15) is 6.42 Å². The van der Waals surface area contributed by atoms with E-state index in [1.165, 1.54) is 0 Å². The number of nitrogens with zero attached hydrogens (tertiary/aromatic N) is 1. The number of carboxylic acid groups (broad SMARTS) is 2. The Balaban J connectivity index is 3.21. The van der Waals surface area contributed by atoms with Gasteiger partial charge in [0.15, 0.2) is 6.54 Å². The first kappa shape index (κ1) is 15.4. The molecule has 108 valence electrons. The molecule has 1 saturated heterocycles. The van der Waals surface area contributed by atoms with Crippen molar-refractivity contribution in [3.63, 3.8) is 0 Å². The van der Waals surface area contributed by atoms with Crippen LogP contribution in [-0.4, -0.2) is 63.1 Å². The number of hydrogen-bond donors (Lipinski definition) is 5. The SMILES string of the molecule is C=C(OO)[N+]1(C(CN)CC(=O)O)CC1(CN)C(=O)O. The lowest BCUT2D eigenvalue weighted by Crippen LogP contribution is -2.54. The minimum Gasteiger partial charge on any atom is -0.481 e. The van der Waals surface area contributed by atoms with E-state index in [1.807, 2.05) is 0 Å². The van der Waals surface area contributed by atoms with E-state index in [-0.39, 0.29) is 31.9 Å². The lowest BCUT2D eigenvalue weighted by Gasteiger charge is -2.29. The van der Waals surface area contributed by atoms with Crippen molar-refractivity contribution < 1.29 is 34.4 Å². The highest BCUT2D eigenvalue weighted by molar-refractivity contribution is 5.81. The van der Waals surface area contributed by atoms with Gasteiger partial charge in [0.05, 0.1) is 13.0 Å². The summed E-state index contributed by atoms with van der Waals surface area (Å²) < 4.78 is -0.474. The molecular weight excluding hydrogens is 258 g/mol. The van der Waals surface area contributed by atoms with Gasteiger partial charge in [-0.15, -0.1) is 0 Å². The second-order valence-corrected chi connectivity index (χ2v) is 4.54. The van der Waals surface area contributed by atoms with Gasteiger partial charge in [0.1, 0.15) is 6.04 Å². The van der Waals surface area contributed by atoms with E-state index in [9.17, 15) is 14.7 Å². The van der Waals surface area contributed by atoms with Crippen LogP contribution in [-0.2, 0) is 14.5 Å². The standard InChI is InChI=1S/C10H17N3O6/c1-6(19-18)13(7(3-11)2-8(14)15)5-10(13,4-12)9(16)17/h7H,1-5,11-12H2,(H2-,14,15,16,17,18)/p+1. The van der Waals surface area contributed by atoms with E-state index in [4.69, 9.17) is 21.8 Å². The predicted molar refractivity (Wildman–Crippen MR) is 62.5 cm³/mol. The van der Waals surface area contributed by atoms with E-state index < -0.39 is 28.0 Å². The van der Waals surface area contributed by atoms with Gasteiger partial charge in [0.2, 0.25) is 0 Å². The molecule has 0 aromatic rings. The summed E-state index contributed by atoms with van der Waals surface area (Å²) >= 11 is 0. The van der Waals surface area contributed by atoms with Crippen LogP contribution in [0.4, 0.5) is 0 Å². The third-order valence-electron chi connectivity index (χ3n) is 3.76. The molecule has 0 bridgehead atoms. The van der Waals surface area contributed by atoms with Crippen LogP contribution >= 0.6 is 0 Å². The van der Waals surface area contributed by atoms with Gasteiger partial charge in [-0.3, -0.25) is 9.68 Å². The Kier molecular flexibility index (Phi) is 4.15. The van der Waals surface area contributed by atoms with E-state index >= 15 is 0 Å².